The zero-order valence-corrected chi connectivity index (χ0v) is 21.9. The highest BCUT2D eigenvalue weighted by Crippen LogP contribution is 2.49. The number of quaternary nitrogens is 1. The molecule has 4 aromatic rings. The lowest BCUT2D eigenvalue weighted by molar-refractivity contribution is 0.275. The Kier molecular flexibility index (Phi) is 5.99. The molecule has 2 aliphatic rings. The number of furan rings is 1. The standard InChI is InChI=1S/C28H27BF2NO5S/c1-3-32(38(2,34)35,15-17-10-21-16-36-29(33)28(21)24(31)11-17)25-14-27-20(12-23(25)18-4-5-18)13-26(37-27)19-6-8-22(30)9-7-19/h6-14,18,33H,3-5,15-16H2,1-2H3/q+1. The summed E-state index contributed by atoms with van der Waals surface area (Å²) in [5.74, 6) is -0.166. The Hall–Kier alpha value is -3.05. The molecule has 38 heavy (non-hydrogen) atoms. The second-order valence-corrected chi connectivity index (χ2v) is 12.4. The minimum Gasteiger partial charge on any atom is -0.456 e. The Labute approximate surface area is 220 Å². The molecule has 1 fully saturated rings. The Morgan fingerprint density at radius 3 is 2.47 bits per heavy atom. The highest BCUT2D eigenvalue weighted by Gasteiger charge is 2.45. The molecular formula is C28H27BF2NO5S+. The van der Waals surface area contributed by atoms with Crippen LogP contribution >= 0.6 is 0 Å². The predicted molar refractivity (Wildman–Crippen MR) is 143 cm³/mol. The summed E-state index contributed by atoms with van der Waals surface area (Å²) in [6.45, 7) is 2.09. The van der Waals surface area contributed by atoms with Crippen LogP contribution < -0.4 is 9.35 Å². The molecule has 0 spiro atoms. The van der Waals surface area contributed by atoms with E-state index in [1.54, 1.807) is 24.3 Å². The molecule has 1 saturated carbocycles. The van der Waals surface area contributed by atoms with Crippen LogP contribution in [0.15, 0.2) is 59.0 Å². The number of halogens is 2. The number of sulfonamides is 1. The normalized spacial score (nSPS) is 17.1. The summed E-state index contributed by atoms with van der Waals surface area (Å²) in [6, 6.07) is 14.7. The van der Waals surface area contributed by atoms with E-state index < -0.39 is 26.8 Å². The van der Waals surface area contributed by atoms with Crippen molar-refractivity contribution in [1.82, 2.24) is 3.89 Å². The first kappa shape index (κ1) is 25.2. The third-order valence-corrected chi connectivity index (χ3v) is 9.61. The molecule has 2 heterocycles. The zero-order valence-electron chi connectivity index (χ0n) is 21.1. The Morgan fingerprint density at radius 2 is 1.82 bits per heavy atom. The number of benzene rings is 3. The molecule has 1 unspecified atom stereocenters. The molecule has 10 heteroatoms. The molecule has 1 aliphatic heterocycles. The number of nitrogens with zero attached hydrogens (tertiary/aromatic N) is 1. The van der Waals surface area contributed by atoms with Gasteiger partial charge in [0, 0.05) is 33.6 Å². The maximum absolute atomic E-state index is 15.0. The summed E-state index contributed by atoms with van der Waals surface area (Å²) < 4.78 is 66.5. The average Bonchev–Trinajstić information content (AvgIpc) is 3.52. The van der Waals surface area contributed by atoms with Gasteiger partial charge in [-0.05, 0) is 79.8 Å². The number of fused-ring (bicyclic) bond motifs is 2. The van der Waals surface area contributed by atoms with E-state index in [-0.39, 0.29) is 36.9 Å². The van der Waals surface area contributed by atoms with Crippen LogP contribution in [0.3, 0.4) is 0 Å². The summed E-state index contributed by atoms with van der Waals surface area (Å²) in [7, 11) is -5.08. The molecule has 0 amide bonds. The van der Waals surface area contributed by atoms with Crippen molar-refractivity contribution < 1.29 is 31.3 Å². The smallest absolute Gasteiger partial charge is 0.456 e. The number of hydrogen-bond acceptors (Lipinski definition) is 5. The van der Waals surface area contributed by atoms with Gasteiger partial charge < -0.3 is 14.1 Å². The molecule has 0 saturated heterocycles. The van der Waals surface area contributed by atoms with Crippen LogP contribution in [0.5, 0.6) is 0 Å². The van der Waals surface area contributed by atoms with E-state index in [0.29, 0.717) is 28.2 Å². The molecule has 0 radical (unpaired) electrons. The van der Waals surface area contributed by atoms with Crippen molar-refractivity contribution >= 4 is 39.3 Å². The lowest BCUT2D eigenvalue weighted by atomic mass is 9.78. The molecule has 0 bridgehead atoms. The van der Waals surface area contributed by atoms with Crippen molar-refractivity contribution in [1.29, 1.82) is 0 Å². The monoisotopic (exact) mass is 538 g/mol. The van der Waals surface area contributed by atoms with Crippen molar-refractivity contribution in [3.05, 3.63) is 82.9 Å². The first-order valence-electron chi connectivity index (χ1n) is 12.6. The van der Waals surface area contributed by atoms with E-state index in [2.05, 4.69) is 0 Å². The Morgan fingerprint density at radius 1 is 1.08 bits per heavy atom. The van der Waals surface area contributed by atoms with Crippen LogP contribution in [0.4, 0.5) is 14.5 Å². The highest BCUT2D eigenvalue weighted by molar-refractivity contribution is 7.90. The molecular weight excluding hydrogens is 511 g/mol. The second kappa shape index (κ2) is 9.02. The van der Waals surface area contributed by atoms with Gasteiger partial charge in [0.1, 0.15) is 29.5 Å². The van der Waals surface area contributed by atoms with Gasteiger partial charge in [0.05, 0.1) is 19.4 Å². The summed E-state index contributed by atoms with van der Waals surface area (Å²) in [5, 5.41) is 10.8. The maximum Gasteiger partial charge on any atom is 0.494 e. The fraction of sp³-hybridized carbons (Fsp3) is 0.286. The van der Waals surface area contributed by atoms with Gasteiger partial charge in [-0.25, -0.2) is 8.78 Å². The summed E-state index contributed by atoms with van der Waals surface area (Å²) in [5.41, 5.74) is 3.92. The predicted octanol–water partition coefficient (Wildman–Crippen LogP) is 4.96. The summed E-state index contributed by atoms with van der Waals surface area (Å²) >= 11 is 0. The van der Waals surface area contributed by atoms with Crippen LogP contribution in [0.2, 0.25) is 0 Å². The molecule has 1 atom stereocenters. The minimum atomic E-state index is -3.76. The van der Waals surface area contributed by atoms with Gasteiger partial charge >= 0.3 is 7.12 Å². The van der Waals surface area contributed by atoms with E-state index in [4.69, 9.17) is 9.07 Å². The maximum atomic E-state index is 15.0. The quantitative estimate of drug-likeness (QED) is 0.266. The van der Waals surface area contributed by atoms with Gasteiger partial charge in [0.25, 0.3) is 10.0 Å². The Bertz CT molecular complexity index is 1670. The van der Waals surface area contributed by atoms with E-state index in [1.807, 2.05) is 19.1 Å². The number of hydrogen-bond donors (Lipinski definition) is 1. The molecule has 1 N–H and O–H groups in total. The number of rotatable bonds is 7. The lowest BCUT2D eigenvalue weighted by Crippen LogP contribution is -2.53. The van der Waals surface area contributed by atoms with E-state index in [1.165, 1.54) is 24.5 Å². The van der Waals surface area contributed by atoms with E-state index in [9.17, 15) is 22.2 Å². The van der Waals surface area contributed by atoms with Crippen molar-refractivity contribution in [3.63, 3.8) is 0 Å². The third-order valence-electron chi connectivity index (χ3n) is 7.75. The molecule has 1 aliphatic carbocycles. The average molecular weight is 538 g/mol. The fourth-order valence-electron chi connectivity index (χ4n) is 5.59. The molecule has 3 aromatic carbocycles. The third kappa shape index (κ3) is 4.16. The van der Waals surface area contributed by atoms with Crippen molar-refractivity contribution in [2.45, 2.75) is 38.8 Å². The van der Waals surface area contributed by atoms with Crippen LogP contribution in [-0.2, 0) is 27.8 Å². The van der Waals surface area contributed by atoms with Crippen LogP contribution in [0.25, 0.3) is 22.3 Å². The molecule has 6 rings (SSSR count). The minimum absolute atomic E-state index is 0.00633. The zero-order chi connectivity index (χ0) is 26.8. The first-order chi connectivity index (χ1) is 18.1. The topological polar surface area (TPSA) is 76.7 Å². The van der Waals surface area contributed by atoms with Crippen molar-refractivity contribution in [2.24, 2.45) is 0 Å². The lowest BCUT2D eigenvalue weighted by Gasteiger charge is -2.36. The van der Waals surface area contributed by atoms with Crippen LogP contribution in [0, 0.1) is 11.6 Å². The fourth-order valence-corrected chi connectivity index (χ4v) is 6.96. The first-order valence-corrected chi connectivity index (χ1v) is 14.5. The van der Waals surface area contributed by atoms with E-state index >= 15 is 0 Å². The SMILES string of the molecule is CC[N+](Cc1cc(F)c2c(c1)COB2O)(c1cc2oc(-c3ccc(F)cc3)cc2cc1C1CC1)S(C)(=O)=O. The van der Waals surface area contributed by atoms with Crippen molar-refractivity contribution in [2.75, 3.05) is 12.8 Å². The van der Waals surface area contributed by atoms with Gasteiger partial charge in [-0.2, -0.15) is 12.3 Å². The van der Waals surface area contributed by atoms with Gasteiger partial charge in [-0.1, -0.05) is 0 Å². The van der Waals surface area contributed by atoms with Crippen molar-refractivity contribution in [3.8, 4) is 11.3 Å². The van der Waals surface area contributed by atoms with Gasteiger partial charge in [0.2, 0.25) is 0 Å². The van der Waals surface area contributed by atoms with Crippen LogP contribution in [-0.4, -0.2) is 33.4 Å². The highest BCUT2D eigenvalue weighted by atomic mass is 32.2. The largest absolute Gasteiger partial charge is 0.494 e. The van der Waals surface area contributed by atoms with Crippen LogP contribution in [0.1, 0.15) is 42.4 Å². The molecule has 196 valence electrons. The second-order valence-electron chi connectivity index (χ2n) is 10.3. The van der Waals surface area contributed by atoms with E-state index in [0.717, 1.165) is 29.4 Å². The van der Waals surface area contributed by atoms with Gasteiger partial charge in [-0.15, -0.1) is 0 Å². The molecule has 6 nitrogen and oxygen atoms in total. The van der Waals surface area contributed by atoms with Gasteiger partial charge in [-0.3, -0.25) is 0 Å². The van der Waals surface area contributed by atoms with Gasteiger partial charge in [0.15, 0.2) is 5.69 Å². The summed E-state index contributed by atoms with van der Waals surface area (Å²) in [6.07, 6.45) is 3.12. The Balaban J connectivity index is 1.52. The molecule has 1 aromatic heterocycles. The summed E-state index contributed by atoms with van der Waals surface area (Å²) in [4.78, 5) is 0.